The smallest absolute Gasteiger partial charge is 0.319 e. The average molecular weight is 345 g/mol. The highest BCUT2D eigenvalue weighted by Gasteiger charge is 2.09. The maximum Gasteiger partial charge on any atom is 0.319 e. The molecule has 0 radical (unpaired) electrons. The van der Waals surface area contributed by atoms with Gasteiger partial charge in [0.05, 0.1) is 12.8 Å². The second kappa shape index (κ2) is 8.68. The molecule has 3 amide bonds. The van der Waals surface area contributed by atoms with Gasteiger partial charge in [-0.3, -0.25) is 4.79 Å². The summed E-state index contributed by atoms with van der Waals surface area (Å²) in [5, 5.41) is 7.89. The first-order valence-electron chi connectivity index (χ1n) is 7.73. The van der Waals surface area contributed by atoms with Gasteiger partial charge in [-0.2, -0.15) is 0 Å². The Morgan fingerprint density at radius 3 is 2.52 bits per heavy atom. The summed E-state index contributed by atoms with van der Waals surface area (Å²) in [6.07, 6.45) is 0. The number of amides is 3. The second-order valence-electron chi connectivity index (χ2n) is 5.30. The highest BCUT2D eigenvalue weighted by Crippen LogP contribution is 2.22. The minimum Gasteiger partial charge on any atom is -0.495 e. The molecule has 7 heteroatoms. The standard InChI is InChI=1S/C18H20FN3O3/c1-12-7-8-13(11-14(12)19)17(23)20-9-10-21-18(24)22-15-5-3-4-6-16(15)25-2/h3-8,11H,9-10H2,1-2H3,(H,20,23)(H2,21,22,24). The van der Waals surface area contributed by atoms with Gasteiger partial charge in [-0.15, -0.1) is 0 Å². The first-order chi connectivity index (χ1) is 12.0. The molecule has 0 atom stereocenters. The summed E-state index contributed by atoms with van der Waals surface area (Å²) < 4.78 is 18.6. The van der Waals surface area contributed by atoms with Crippen LogP contribution < -0.4 is 20.7 Å². The number of aryl methyl sites for hydroxylation is 1. The highest BCUT2D eigenvalue weighted by molar-refractivity contribution is 5.94. The quantitative estimate of drug-likeness (QED) is 0.704. The molecule has 2 aromatic carbocycles. The van der Waals surface area contributed by atoms with Crippen LogP contribution >= 0.6 is 0 Å². The monoisotopic (exact) mass is 345 g/mol. The zero-order valence-electron chi connectivity index (χ0n) is 14.1. The van der Waals surface area contributed by atoms with E-state index in [1.165, 1.54) is 13.2 Å². The summed E-state index contributed by atoms with van der Waals surface area (Å²) in [6, 6.07) is 10.9. The Bertz CT molecular complexity index is 765. The molecule has 0 saturated heterocycles. The van der Waals surface area contributed by atoms with Gasteiger partial charge in [-0.05, 0) is 36.8 Å². The van der Waals surface area contributed by atoms with Crippen molar-refractivity contribution in [1.29, 1.82) is 0 Å². The van der Waals surface area contributed by atoms with Gasteiger partial charge < -0.3 is 20.7 Å². The third-order valence-corrected chi connectivity index (χ3v) is 3.49. The van der Waals surface area contributed by atoms with Gasteiger partial charge in [0.25, 0.3) is 5.91 Å². The van der Waals surface area contributed by atoms with Crippen LogP contribution in [0, 0.1) is 12.7 Å². The number of halogens is 1. The molecule has 0 aliphatic carbocycles. The van der Waals surface area contributed by atoms with Gasteiger partial charge in [0.2, 0.25) is 0 Å². The number of carbonyl (C=O) groups is 2. The number of carbonyl (C=O) groups excluding carboxylic acids is 2. The molecular formula is C18H20FN3O3. The van der Waals surface area contributed by atoms with E-state index in [1.807, 2.05) is 0 Å². The average Bonchev–Trinajstić information content (AvgIpc) is 2.61. The number of rotatable bonds is 6. The minimum absolute atomic E-state index is 0.216. The third-order valence-electron chi connectivity index (χ3n) is 3.49. The summed E-state index contributed by atoms with van der Waals surface area (Å²) in [6.45, 7) is 2.07. The van der Waals surface area contributed by atoms with Crippen LogP contribution in [0.3, 0.4) is 0 Å². The van der Waals surface area contributed by atoms with Gasteiger partial charge >= 0.3 is 6.03 Å². The summed E-state index contributed by atoms with van der Waals surface area (Å²) in [5.41, 5.74) is 1.26. The van der Waals surface area contributed by atoms with Crippen molar-refractivity contribution < 1.29 is 18.7 Å². The molecule has 0 saturated carbocycles. The van der Waals surface area contributed by atoms with Crippen molar-refractivity contribution >= 4 is 17.6 Å². The van der Waals surface area contributed by atoms with Crippen LogP contribution in [0.25, 0.3) is 0 Å². The van der Waals surface area contributed by atoms with Crippen LogP contribution in [-0.2, 0) is 0 Å². The molecule has 0 unspecified atom stereocenters. The molecule has 0 spiro atoms. The van der Waals surface area contributed by atoms with Crippen molar-refractivity contribution in [2.45, 2.75) is 6.92 Å². The lowest BCUT2D eigenvalue weighted by atomic mass is 10.1. The Hall–Kier alpha value is -3.09. The fourth-order valence-corrected chi connectivity index (χ4v) is 2.10. The maximum absolute atomic E-state index is 13.4. The van der Waals surface area contributed by atoms with Crippen LogP contribution in [0.1, 0.15) is 15.9 Å². The predicted molar refractivity (Wildman–Crippen MR) is 93.5 cm³/mol. The lowest BCUT2D eigenvalue weighted by Gasteiger charge is -2.11. The van der Waals surface area contributed by atoms with E-state index in [2.05, 4.69) is 16.0 Å². The van der Waals surface area contributed by atoms with Gasteiger partial charge in [-0.25, -0.2) is 9.18 Å². The molecule has 0 fully saturated rings. The lowest BCUT2D eigenvalue weighted by molar-refractivity contribution is 0.0953. The lowest BCUT2D eigenvalue weighted by Crippen LogP contribution is -2.36. The zero-order valence-corrected chi connectivity index (χ0v) is 14.1. The van der Waals surface area contributed by atoms with Crippen molar-refractivity contribution in [2.75, 3.05) is 25.5 Å². The Morgan fingerprint density at radius 1 is 1.08 bits per heavy atom. The number of para-hydroxylation sites is 2. The van der Waals surface area contributed by atoms with E-state index in [9.17, 15) is 14.0 Å². The summed E-state index contributed by atoms with van der Waals surface area (Å²) in [4.78, 5) is 23.7. The summed E-state index contributed by atoms with van der Waals surface area (Å²) in [7, 11) is 1.52. The van der Waals surface area contributed by atoms with E-state index in [4.69, 9.17) is 4.74 Å². The number of hydrogen-bond acceptors (Lipinski definition) is 3. The van der Waals surface area contributed by atoms with E-state index < -0.39 is 17.8 Å². The van der Waals surface area contributed by atoms with E-state index in [1.54, 1.807) is 43.3 Å². The Balaban J connectivity index is 1.76. The Morgan fingerprint density at radius 2 is 1.80 bits per heavy atom. The summed E-state index contributed by atoms with van der Waals surface area (Å²) in [5.74, 6) is -0.278. The van der Waals surface area contributed by atoms with Crippen LogP contribution in [0.15, 0.2) is 42.5 Å². The molecule has 2 rings (SSSR count). The number of anilines is 1. The van der Waals surface area contributed by atoms with E-state index >= 15 is 0 Å². The normalized spacial score (nSPS) is 10.0. The second-order valence-corrected chi connectivity index (χ2v) is 5.30. The molecule has 0 aromatic heterocycles. The molecule has 25 heavy (non-hydrogen) atoms. The number of ether oxygens (including phenoxy) is 1. The molecule has 2 aromatic rings. The van der Waals surface area contributed by atoms with Gasteiger partial charge in [-0.1, -0.05) is 18.2 Å². The fraction of sp³-hybridized carbons (Fsp3) is 0.222. The highest BCUT2D eigenvalue weighted by atomic mass is 19.1. The van der Waals surface area contributed by atoms with Crippen molar-refractivity contribution in [3.8, 4) is 5.75 Å². The van der Waals surface area contributed by atoms with E-state index in [-0.39, 0.29) is 18.7 Å². The van der Waals surface area contributed by atoms with Crippen LogP contribution in [0.2, 0.25) is 0 Å². The summed E-state index contributed by atoms with van der Waals surface area (Å²) >= 11 is 0. The van der Waals surface area contributed by atoms with E-state index in [0.29, 0.717) is 17.0 Å². The zero-order chi connectivity index (χ0) is 18.2. The molecule has 0 aliphatic rings. The van der Waals surface area contributed by atoms with Crippen molar-refractivity contribution in [1.82, 2.24) is 10.6 Å². The molecule has 0 aliphatic heterocycles. The third kappa shape index (κ3) is 5.20. The van der Waals surface area contributed by atoms with Crippen LogP contribution in [0.4, 0.5) is 14.9 Å². The first kappa shape index (κ1) is 18.3. The molecule has 3 N–H and O–H groups in total. The van der Waals surface area contributed by atoms with Crippen LogP contribution in [0.5, 0.6) is 5.75 Å². The van der Waals surface area contributed by atoms with Crippen LogP contribution in [-0.4, -0.2) is 32.1 Å². The predicted octanol–water partition coefficient (Wildman–Crippen LogP) is 2.69. The number of hydrogen-bond donors (Lipinski definition) is 3. The molecule has 6 nitrogen and oxygen atoms in total. The number of nitrogens with one attached hydrogen (secondary N) is 3. The minimum atomic E-state index is -0.429. The van der Waals surface area contributed by atoms with Gasteiger partial charge in [0.1, 0.15) is 11.6 Å². The maximum atomic E-state index is 13.4. The number of methoxy groups -OCH3 is 1. The number of benzene rings is 2. The SMILES string of the molecule is COc1ccccc1NC(=O)NCCNC(=O)c1ccc(C)c(F)c1. The molecule has 132 valence electrons. The van der Waals surface area contributed by atoms with Crippen molar-refractivity contribution in [3.63, 3.8) is 0 Å². The number of urea groups is 1. The first-order valence-corrected chi connectivity index (χ1v) is 7.73. The van der Waals surface area contributed by atoms with Gasteiger partial charge in [0.15, 0.2) is 0 Å². The van der Waals surface area contributed by atoms with Crippen molar-refractivity contribution in [3.05, 3.63) is 59.4 Å². The Labute approximate surface area is 145 Å². The molecule has 0 heterocycles. The molecular weight excluding hydrogens is 325 g/mol. The van der Waals surface area contributed by atoms with Crippen molar-refractivity contribution in [2.24, 2.45) is 0 Å². The van der Waals surface area contributed by atoms with E-state index in [0.717, 1.165) is 0 Å². The molecule has 0 bridgehead atoms. The topological polar surface area (TPSA) is 79.5 Å². The fourth-order valence-electron chi connectivity index (χ4n) is 2.10. The largest absolute Gasteiger partial charge is 0.495 e. The van der Waals surface area contributed by atoms with Gasteiger partial charge in [0, 0.05) is 18.7 Å². The Kier molecular flexibility index (Phi) is 6.33.